The number of carbonyl (C=O) groups is 2. The molecule has 2 atom stereocenters. The Balaban J connectivity index is 2.22. The second-order valence-electron chi connectivity index (χ2n) is 5.28. The van der Waals surface area contributed by atoms with Crippen molar-refractivity contribution < 1.29 is 9.59 Å². The highest BCUT2D eigenvalue weighted by molar-refractivity contribution is 7.09. The third kappa shape index (κ3) is 3.12. The number of rotatable bonds is 3. The van der Waals surface area contributed by atoms with Gasteiger partial charge in [-0.15, -0.1) is 11.3 Å². The Hall–Kier alpha value is -1.43. The fraction of sp³-hybridized carbons (Fsp3) is 0.615. The molecule has 1 aliphatic rings. The Morgan fingerprint density at radius 2 is 2.26 bits per heavy atom. The molecule has 1 saturated heterocycles. The van der Waals surface area contributed by atoms with Crippen molar-refractivity contribution in [1.82, 2.24) is 15.2 Å². The summed E-state index contributed by atoms with van der Waals surface area (Å²) in [6.07, 6.45) is 2.13. The van der Waals surface area contributed by atoms with E-state index in [1.165, 1.54) is 11.3 Å². The van der Waals surface area contributed by atoms with E-state index in [0.29, 0.717) is 13.0 Å². The number of nitrogens with one attached hydrogen (secondary N) is 1. The molecule has 0 aromatic carbocycles. The van der Waals surface area contributed by atoms with Crippen LogP contribution < -0.4 is 5.32 Å². The highest BCUT2D eigenvalue weighted by Crippen LogP contribution is 2.20. The van der Waals surface area contributed by atoms with Crippen molar-refractivity contribution in [2.75, 3.05) is 0 Å². The first kappa shape index (κ1) is 14.0. The number of carbonyl (C=O) groups excluding carboxylic acids is 2. The van der Waals surface area contributed by atoms with Crippen LogP contribution in [0.3, 0.4) is 0 Å². The average molecular weight is 281 g/mol. The van der Waals surface area contributed by atoms with E-state index < -0.39 is 6.04 Å². The van der Waals surface area contributed by atoms with E-state index in [1.54, 1.807) is 16.6 Å². The van der Waals surface area contributed by atoms with E-state index in [9.17, 15) is 9.59 Å². The fourth-order valence-corrected chi connectivity index (χ4v) is 2.83. The van der Waals surface area contributed by atoms with Gasteiger partial charge < -0.3 is 10.2 Å². The lowest BCUT2D eigenvalue weighted by Crippen LogP contribution is -2.48. The second-order valence-corrected chi connectivity index (χ2v) is 6.25. The van der Waals surface area contributed by atoms with Gasteiger partial charge in [0.25, 0.3) is 0 Å². The molecule has 0 aliphatic carbocycles. The molecule has 0 radical (unpaired) electrons. The molecule has 0 bridgehead atoms. The van der Waals surface area contributed by atoms with Crippen molar-refractivity contribution in [2.45, 2.75) is 45.8 Å². The Labute approximate surface area is 117 Å². The minimum Gasteiger partial charge on any atom is -0.344 e. The van der Waals surface area contributed by atoms with E-state index in [-0.39, 0.29) is 23.8 Å². The third-order valence-corrected chi connectivity index (χ3v) is 4.12. The van der Waals surface area contributed by atoms with Gasteiger partial charge in [0.15, 0.2) is 0 Å². The molecule has 104 valence electrons. The molecule has 2 heterocycles. The molecule has 5 nitrogen and oxygen atoms in total. The van der Waals surface area contributed by atoms with Gasteiger partial charge in [-0.1, -0.05) is 13.8 Å². The minimum absolute atomic E-state index is 0.00162. The zero-order valence-electron chi connectivity index (χ0n) is 11.4. The molecular weight excluding hydrogens is 262 g/mol. The zero-order chi connectivity index (χ0) is 14.0. The van der Waals surface area contributed by atoms with Crippen LogP contribution in [0.15, 0.2) is 11.7 Å². The first-order valence-electron chi connectivity index (χ1n) is 6.46. The summed E-state index contributed by atoms with van der Waals surface area (Å²) in [5.74, 6) is 0.0406. The van der Waals surface area contributed by atoms with E-state index in [0.717, 1.165) is 4.88 Å². The third-order valence-electron chi connectivity index (χ3n) is 3.35. The number of aromatic nitrogens is 1. The molecule has 1 fully saturated rings. The molecule has 0 saturated carbocycles. The van der Waals surface area contributed by atoms with Gasteiger partial charge in [0, 0.05) is 23.5 Å². The van der Waals surface area contributed by atoms with Crippen LogP contribution in [0.5, 0.6) is 0 Å². The monoisotopic (exact) mass is 281 g/mol. The van der Waals surface area contributed by atoms with Crippen molar-refractivity contribution in [3.05, 3.63) is 16.6 Å². The predicted octanol–water partition coefficient (Wildman–Crippen LogP) is 1.40. The predicted molar refractivity (Wildman–Crippen MR) is 73.5 cm³/mol. The number of amides is 2. The first-order valence-corrected chi connectivity index (χ1v) is 7.34. The van der Waals surface area contributed by atoms with Crippen LogP contribution in [0.1, 0.15) is 32.1 Å². The van der Waals surface area contributed by atoms with E-state index in [2.05, 4.69) is 10.3 Å². The fourth-order valence-electron chi connectivity index (χ4n) is 2.24. The van der Waals surface area contributed by atoms with E-state index in [4.69, 9.17) is 0 Å². The molecule has 1 aromatic heterocycles. The van der Waals surface area contributed by atoms with Crippen LogP contribution in [0.25, 0.3) is 0 Å². The maximum absolute atomic E-state index is 12.6. The molecule has 1 aliphatic heterocycles. The summed E-state index contributed by atoms with van der Waals surface area (Å²) >= 11 is 1.53. The Bertz CT molecular complexity index is 458. The Morgan fingerprint density at radius 1 is 1.53 bits per heavy atom. The van der Waals surface area contributed by atoms with E-state index >= 15 is 0 Å². The maximum atomic E-state index is 12.6. The molecule has 1 aromatic rings. The SMILES string of the molecule is CC(C)C1NC(=O)CC(C)N(Cc2cncs2)C1=O. The molecule has 6 heteroatoms. The molecule has 2 amide bonds. The minimum atomic E-state index is -0.426. The van der Waals surface area contributed by atoms with E-state index in [1.807, 2.05) is 20.8 Å². The van der Waals surface area contributed by atoms with Crippen molar-refractivity contribution in [3.63, 3.8) is 0 Å². The van der Waals surface area contributed by atoms with Crippen LogP contribution in [0.2, 0.25) is 0 Å². The number of hydrogen-bond donors (Lipinski definition) is 1. The van der Waals surface area contributed by atoms with Gasteiger partial charge in [-0.25, -0.2) is 0 Å². The van der Waals surface area contributed by atoms with Gasteiger partial charge >= 0.3 is 0 Å². The lowest BCUT2D eigenvalue weighted by atomic mass is 10.0. The number of nitrogens with zero attached hydrogens (tertiary/aromatic N) is 2. The highest BCUT2D eigenvalue weighted by Gasteiger charge is 2.35. The summed E-state index contributed by atoms with van der Waals surface area (Å²) in [6.45, 7) is 6.34. The van der Waals surface area contributed by atoms with Crippen LogP contribution in [-0.2, 0) is 16.1 Å². The second kappa shape index (κ2) is 5.69. The molecule has 2 rings (SSSR count). The highest BCUT2D eigenvalue weighted by atomic mass is 32.1. The summed E-state index contributed by atoms with van der Waals surface area (Å²) in [6, 6.07) is -0.510. The molecule has 19 heavy (non-hydrogen) atoms. The van der Waals surface area contributed by atoms with Gasteiger partial charge in [-0.05, 0) is 12.8 Å². The largest absolute Gasteiger partial charge is 0.344 e. The molecule has 2 unspecified atom stereocenters. The normalized spacial score (nSPS) is 24.5. The first-order chi connectivity index (χ1) is 8.99. The smallest absolute Gasteiger partial charge is 0.245 e. The van der Waals surface area contributed by atoms with Crippen LogP contribution >= 0.6 is 11.3 Å². The van der Waals surface area contributed by atoms with Crippen molar-refractivity contribution in [2.24, 2.45) is 5.92 Å². The average Bonchev–Trinajstić information content (AvgIpc) is 2.80. The van der Waals surface area contributed by atoms with Crippen molar-refractivity contribution >= 4 is 23.2 Å². The molecule has 0 spiro atoms. The van der Waals surface area contributed by atoms with Gasteiger partial charge in [-0.3, -0.25) is 14.6 Å². The van der Waals surface area contributed by atoms with Crippen LogP contribution in [-0.4, -0.2) is 33.8 Å². The Morgan fingerprint density at radius 3 is 2.84 bits per heavy atom. The summed E-state index contributed by atoms with van der Waals surface area (Å²) in [5, 5.41) is 2.83. The lowest BCUT2D eigenvalue weighted by molar-refractivity contribution is -0.136. The van der Waals surface area contributed by atoms with Crippen LogP contribution in [0.4, 0.5) is 0 Å². The zero-order valence-corrected chi connectivity index (χ0v) is 12.2. The number of hydrogen-bond acceptors (Lipinski definition) is 4. The lowest BCUT2D eigenvalue weighted by Gasteiger charge is -2.29. The van der Waals surface area contributed by atoms with Gasteiger partial charge in [0.1, 0.15) is 6.04 Å². The van der Waals surface area contributed by atoms with Crippen molar-refractivity contribution in [1.29, 1.82) is 0 Å². The van der Waals surface area contributed by atoms with Gasteiger partial charge in [-0.2, -0.15) is 0 Å². The number of thiazole rings is 1. The van der Waals surface area contributed by atoms with Gasteiger partial charge in [0.05, 0.1) is 12.1 Å². The maximum Gasteiger partial charge on any atom is 0.245 e. The Kier molecular flexibility index (Phi) is 4.19. The molecular formula is C13H19N3O2S. The van der Waals surface area contributed by atoms with Crippen molar-refractivity contribution in [3.8, 4) is 0 Å². The summed E-state index contributed by atoms with van der Waals surface area (Å²) < 4.78 is 0. The van der Waals surface area contributed by atoms with Crippen LogP contribution in [0, 0.1) is 5.92 Å². The summed E-state index contributed by atoms with van der Waals surface area (Å²) in [4.78, 5) is 31.2. The quantitative estimate of drug-likeness (QED) is 0.911. The molecule has 1 N–H and O–H groups in total. The topological polar surface area (TPSA) is 62.3 Å². The summed E-state index contributed by atoms with van der Waals surface area (Å²) in [7, 11) is 0. The summed E-state index contributed by atoms with van der Waals surface area (Å²) in [5.41, 5.74) is 1.76. The van der Waals surface area contributed by atoms with Gasteiger partial charge in [0.2, 0.25) is 11.8 Å². The standard InChI is InChI=1S/C13H19N3O2S/c1-8(2)12-13(18)16(6-10-5-14-7-19-10)9(3)4-11(17)15-12/h5,7-9,12H,4,6H2,1-3H3,(H,15,17).